The van der Waals surface area contributed by atoms with Crippen LogP contribution in [0.3, 0.4) is 0 Å². The van der Waals surface area contributed by atoms with Crippen molar-refractivity contribution >= 4 is 21.8 Å². The summed E-state index contributed by atoms with van der Waals surface area (Å²) in [4.78, 5) is 3.76. The van der Waals surface area contributed by atoms with E-state index in [1.165, 1.54) is 49.9 Å². The van der Waals surface area contributed by atoms with E-state index in [-0.39, 0.29) is 0 Å². The van der Waals surface area contributed by atoms with Crippen LogP contribution in [0.25, 0.3) is 21.8 Å². The van der Waals surface area contributed by atoms with Gasteiger partial charge in [-0.15, -0.1) is 0 Å². The van der Waals surface area contributed by atoms with E-state index in [9.17, 15) is 0 Å². The van der Waals surface area contributed by atoms with Gasteiger partial charge in [0.05, 0.1) is 14.2 Å². The first-order chi connectivity index (χ1) is 19.2. The molecule has 0 saturated heterocycles. The van der Waals surface area contributed by atoms with Crippen LogP contribution >= 0.6 is 0 Å². The number of hydrogen-bond donors (Lipinski definition) is 1. The van der Waals surface area contributed by atoms with Crippen molar-refractivity contribution in [2.75, 3.05) is 14.2 Å². The molecule has 194 valence electrons. The fraction of sp³-hybridized carbons (Fsp3) is 0.200. The first kappa shape index (κ1) is 23.7. The van der Waals surface area contributed by atoms with Gasteiger partial charge in [0.2, 0.25) is 0 Å². The molecule has 1 aliphatic rings. The number of H-pyrrole nitrogens is 1. The van der Waals surface area contributed by atoms with Gasteiger partial charge < -0.3 is 19.0 Å². The van der Waals surface area contributed by atoms with Crippen LogP contribution in [0.2, 0.25) is 0 Å². The molecule has 4 heteroatoms. The van der Waals surface area contributed by atoms with Crippen molar-refractivity contribution in [3.63, 3.8) is 0 Å². The van der Waals surface area contributed by atoms with Gasteiger partial charge in [0.15, 0.2) is 0 Å². The van der Waals surface area contributed by atoms with Crippen LogP contribution < -0.4 is 9.47 Å². The molecule has 0 aliphatic heterocycles. The van der Waals surface area contributed by atoms with Crippen LogP contribution in [0.15, 0.2) is 103 Å². The molecule has 4 nitrogen and oxygen atoms in total. The summed E-state index contributed by atoms with van der Waals surface area (Å²) in [5.41, 5.74) is 9.25. The summed E-state index contributed by atoms with van der Waals surface area (Å²) in [5, 5.41) is 2.49. The highest BCUT2D eigenvalue weighted by Crippen LogP contribution is 2.46. The zero-order chi connectivity index (χ0) is 26.3. The number of methoxy groups -OCH3 is 2. The predicted octanol–water partition coefficient (Wildman–Crippen LogP) is 7.85. The number of fused-ring (bicyclic) bond motifs is 4. The van der Waals surface area contributed by atoms with Crippen molar-refractivity contribution in [3.8, 4) is 11.5 Å². The largest absolute Gasteiger partial charge is 0.497 e. The second kappa shape index (κ2) is 9.70. The average molecular weight is 513 g/mol. The molecule has 2 atom stereocenters. The molecular weight excluding hydrogens is 480 g/mol. The quantitative estimate of drug-likeness (QED) is 0.247. The van der Waals surface area contributed by atoms with Crippen LogP contribution in [0.1, 0.15) is 39.9 Å². The highest BCUT2D eigenvalue weighted by atomic mass is 16.5. The summed E-state index contributed by atoms with van der Waals surface area (Å²) >= 11 is 0. The summed E-state index contributed by atoms with van der Waals surface area (Å²) in [6, 6.07) is 37.1. The van der Waals surface area contributed by atoms with E-state index in [1.807, 2.05) is 6.07 Å². The van der Waals surface area contributed by atoms with E-state index in [0.29, 0.717) is 11.8 Å². The third-order valence-corrected chi connectivity index (χ3v) is 8.47. The molecule has 4 aromatic carbocycles. The Labute approximate surface area is 228 Å². The Bertz CT molecular complexity index is 1770. The number of aromatic amines is 1. The van der Waals surface area contributed by atoms with E-state index >= 15 is 0 Å². The SMILES string of the molecule is COc1ccc2c(c1)cc([C@H]1Cc3c([nH]c4ccc(OC)cc34)C[C@H]1c1ccccc1)n2Cc1ccccc1. The summed E-state index contributed by atoms with van der Waals surface area (Å²) in [6.07, 6.45) is 1.93. The van der Waals surface area contributed by atoms with Crippen LogP contribution in [-0.4, -0.2) is 23.8 Å². The molecule has 0 fully saturated rings. The Hall–Kier alpha value is -4.44. The first-order valence-corrected chi connectivity index (χ1v) is 13.7. The number of ether oxygens (including phenoxy) is 2. The smallest absolute Gasteiger partial charge is 0.119 e. The predicted molar refractivity (Wildman–Crippen MR) is 158 cm³/mol. The highest BCUT2D eigenvalue weighted by Gasteiger charge is 2.35. The van der Waals surface area contributed by atoms with Crippen molar-refractivity contribution in [1.82, 2.24) is 9.55 Å². The molecule has 0 radical (unpaired) electrons. The summed E-state index contributed by atoms with van der Waals surface area (Å²) in [6.45, 7) is 0.832. The van der Waals surface area contributed by atoms with Gasteiger partial charge in [0.25, 0.3) is 0 Å². The minimum absolute atomic E-state index is 0.312. The topological polar surface area (TPSA) is 39.2 Å². The Morgan fingerprint density at radius 2 is 1.46 bits per heavy atom. The minimum atomic E-state index is 0.312. The molecule has 2 heterocycles. The maximum absolute atomic E-state index is 5.61. The van der Waals surface area contributed by atoms with E-state index in [1.54, 1.807) is 14.2 Å². The van der Waals surface area contributed by atoms with Crippen molar-refractivity contribution in [3.05, 3.63) is 131 Å². The van der Waals surface area contributed by atoms with Gasteiger partial charge in [-0.1, -0.05) is 60.7 Å². The van der Waals surface area contributed by atoms with E-state index in [4.69, 9.17) is 9.47 Å². The van der Waals surface area contributed by atoms with E-state index in [2.05, 4.69) is 107 Å². The van der Waals surface area contributed by atoms with Gasteiger partial charge in [0, 0.05) is 45.7 Å². The maximum Gasteiger partial charge on any atom is 0.119 e. The van der Waals surface area contributed by atoms with Crippen LogP contribution in [0.5, 0.6) is 11.5 Å². The lowest BCUT2D eigenvalue weighted by Crippen LogP contribution is -2.24. The van der Waals surface area contributed by atoms with E-state index in [0.717, 1.165) is 30.9 Å². The molecule has 0 bridgehead atoms. The highest BCUT2D eigenvalue weighted by molar-refractivity contribution is 5.87. The minimum Gasteiger partial charge on any atom is -0.497 e. The fourth-order valence-electron chi connectivity index (χ4n) is 6.55. The number of rotatable bonds is 6. The lowest BCUT2D eigenvalue weighted by molar-refractivity contribution is 0.415. The van der Waals surface area contributed by atoms with Crippen LogP contribution in [-0.2, 0) is 19.4 Å². The van der Waals surface area contributed by atoms with Gasteiger partial charge in [-0.3, -0.25) is 0 Å². The number of nitrogens with one attached hydrogen (secondary N) is 1. The number of aromatic nitrogens is 2. The molecule has 6 aromatic rings. The number of hydrogen-bond acceptors (Lipinski definition) is 2. The third kappa shape index (κ3) is 4.17. The second-order valence-electron chi connectivity index (χ2n) is 10.6. The molecule has 0 amide bonds. The molecule has 39 heavy (non-hydrogen) atoms. The Kier molecular flexibility index (Phi) is 5.89. The zero-order valence-electron chi connectivity index (χ0n) is 22.4. The second-order valence-corrected chi connectivity index (χ2v) is 10.6. The molecule has 0 unspecified atom stereocenters. The Morgan fingerprint density at radius 1 is 0.744 bits per heavy atom. The average Bonchev–Trinajstić information content (AvgIpc) is 3.54. The lowest BCUT2D eigenvalue weighted by atomic mass is 9.73. The van der Waals surface area contributed by atoms with E-state index < -0.39 is 0 Å². The maximum atomic E-state index is 5.61. The monoisotopic (exact) mass is 512 g/mol. The molecular formula is C35H32N2O2. The Morgan fingerprint density at radius 3 is 2.23 bits per heavy atom. The van der Waals surface area contributed by atoms with Gasteiger partial charge in [0.1, 0.15) is 11.5 Å². The molecule has 0 spiro atoms. The summed E-state index contributed by atoms with van der Waals surface area (Å²) in [7, 11) is 3.48. The molecule has 1 N–H and O–H groups in total. The van der Waals surface area contributed by atoms with Crippen molar-refractivity contribution in [1.29, 1.82) is 0 Å². The normalized spacial score (nSPS) is 16.9. The third-order valence-electron chi connectivity index (χ3n) is 8.47. The van der Waals surface area contributed by atoms with Crippen LogP contribution in [0, 0.1) is 0 Å². The number of nitrogens with zero attached hydrogens (tertiary/aromatic N) is 1. The van der Waals surface area contributed by atoms with Crippen LogP contribution in [0.4, 0.5) is 0 Å². The standard InChI is InChI=1S/C35H32N2O2/c1-38-26-14-16-34-25(17-26)18-35(37(34)22-23-9-5-3-6-10-23)31-20-30-29-19-27(39-2)13-15-32(29)36-33(30)21-28(31)24-11-7-4-8-12-24/h3-19,28,31,36H,20-22H2,1-2H3/t28-,31-/m0/s1. The molecule has 1 aliphatic carbocycles. The van der Waals surface area contributed by atoms with Crippen molar-refractivity contribution in [2.24, 2.45) is 0 Å². The lowest BCUT2D eigenvalue weighted by Gasteiger charge is -2.33. The van der Waals surface area contributed by atoms with Gasteiger partial charge >= 0.3 is 0 Å². The van der Waals surface area contributed by atoms with Gasteiger partial charge in [-0.05, 0) is 77.9 Å². The molecule has 7 rings (SSSR count). The number of benzene rings is 4. The van der Waals surface area contributed by atoms with Crippen molar-refractivity contribution in [2.45, 2.75) is 31.2 Å². The summed E-state index contributed by atoms with van der Waals surface area (Å²) in [5.74, 6) is 2.46. The molecule has 0 saturated carbocycles. The summed E-state index contributed by atoms with van der Waals surface area (Å²) < 4.78 is 13.7. The fourth-order valence-corrected chi connectivity index (χ4v) is 6.55. The van der Waals surface area contributed by atoms with Gasteiger partial charge in [-0.2, -0.15) is 0 Å². The zero-order valence-corrected chi connectivity index (χ0v) is 22.4. The Balaban J connectivity index is 1.43. The van der Waals surface area contributed by atoms with Gasteiger partial charge in [-0.25, -0.2) is 0 Å². The first-order valence-electron chi connectivity index (χ1n) is 13.7. The molecule has 2 aromatic heterocycles. The van der Waals surface area contributed by atoms with Crippen molar-refractivity contribution < 1.29 is 9.47 Å².